The van der Waals surface area contributed by atoms with Gasteiger partial charge in [0.25, 0.3) is 0 Å². The van der Waals surface area contributed by atoms with Gasteiger partial charge < -0.3 is 9.72 Å². The summed E-state index contributed by atoms with van der Waals surface area (Å²) in [5.74, 6) is -0.335. The van der Waals surface area contributed by atoms with Gasteiger partial charge in [-0.15, -0.1) is 11.8 Å². The van der Waals surface area contributed by atoms with Gasteiger partial charge in [-0.05, 0) is 24.5 Å². The van der Waals surface area contributed by atoms with Gasteiger partial charge in [-0.3, -0.25) is 0 Å². The number of thioether (sulfide) groups is 1. The highest BCUT2D eigenvalue weighted by molar-refractivity contribution is 7.98. The van der Waals surface area contributed by atoms with Crippen molar-refractivity contribution < 1.29 is 9.53 Å². The fourth-order valence-corrected chi connectivity index (χ4v) is 2.13. The summed E-state index contributed by atoms with van der Waals surface area (Å²) in [4.78, 5) is 15.5. The van der Waals surface area contributed by atoms with Crippen molar-refractivity contribution in [2.24, 2.45) is 0 Å². The van der Waals surface area contributed by atoms with Gasteiger partial charge in [0.15, 0.2) is 0 Å². The highest BCUT2D eigenvalue weighted by atomic mass is 32.2. The number of ether oxygens (including phenoxy) is 1. The molecule has 0 fully saturated rings. The number of rotatable bonds is 2. The molecule has 0 saturated heterocycles. The number of methoxy groups -OCH3 is 1. The molecule has 2 rings (SSSR count). The largest absolute Gasteiger partial charge is 0.464 e. The van der Waals surface area contributed by atoms with Crippen LogP contribution in [-0.2, 0) is 4.74 Å². The fraction of sp³-hybridized carbons (Fsp3) is 0.182. The molecule has 0 radical (unpaired) electrons. The zero-order valence-electron chi connectivity index (χ0n) is 8.53. The van der Waals surface area contributed by atoms with Crippen LogP contribution in [0.5, 0.6) is 0 Å². The Balaban J connectivity index is 2.60. The van der Waals surface area contributed by atoms with Crippen molar-refractivity contribution in [2.75, 3.05) is 13.4 Å². The Morgan fingerprint density at radius 1 is 1.47 bits per heavy atom. The second-order valence-corrected chi connectivity index (χ2v) is 3.94. The van der Waals surface area contributed by atoms with E-state index in [1.54, 1.807) is 11.8 Å². The maximum absolute atomic E-state index is 11.3. The van der Waals surface area contributed by atoms with Gasteiger partial charge in [-0.2, -0.15) is 0 Å². The summed E-state index contributed by atoms with van der Waals surface area (Å²) < 4.78 is 4.66. The van der Waals surface area contributed by atoms with Gasteiger partial charge >= 0.3 is 5.97 Å². The number of H-pyrrole nitrogens is 1. The molecule has 4 heteroatoms. The highest BCUT2D eigenvalue weighted by Gasteiger charge is 2.10. The summed E-state index contributed by atoms with van der Waals surface area (Å²) >= 11 is 1.66. The maximum Gasteiger partial charge on any atom is 0.354 e. The van der Waals surface area contributed by atoms with Crippen LogP contribution >= 0.6 is 11.8 Å². The minimum atomic E-state index is -0.335. The Hall–Kier alpha value is -1.42. The zero-order chi connectivity index (χ0) is 10.8. The SMILES string of the molecule is COC(=O)c1cc2c(SC)cccc2[nH]1. The monoisotopic (exact) mass is 221 g/mol. The molecular weight excluding hydrogens is 210 g/mol. The minimum absolute atomic E-state index is 0.335. The standard InChI is InChI=1S/C11H11NO2S/c1-14-11(13)9-6-7-8(12-9)4-3-5-10(7)15-2/h3-6,12H,1-2H3. The molecule has 1 N–H and O–H groups in total. The molecule has 2 aromatic rings. The molecule has 1 aromatic heterocycles. The zero-order valence-corrected chi connectivity index (χ0v) is 9.35. The first-order valence-electron chi connectivity index (χ1n) is 4.50. The van der Waals surface area contributed by atoms with Crippen LogP contribution in [-0.4, -0.2) is 24.3 Å². The van der Waals surface area contributed by atoms with E-state index in [1.807, 2.05) is 30.5 Å². The van der Waals surface area contributed by atoms with Crippen LogP contribution in [0.25, 0.3) is 10.9 Å². The number of carbonyl (C=O) groups is 1. The van der Waals surface area contributed by atoms with Gasteiger partial charge in [0.2, 0.25) is 0 Å². The third kappa shape index (κ3) is 1.72. The van der Waals surface area contributed by atoms with Crippen LogP contribution in [0.2, 0.25) is 0 Å². The van der Waals surface area contributed by atoms with Crippen LogP contribution in [0.4, 0.5) is 0 Å². The maximum atomic E-state index is 11.3. The van der Waals surface area contributed by atoms with Crippen LogP contribution < -0.4 is 0 Å². The lowest BCUT2D eigenvalue weighted by molar-refractivity contribution is 0.0595. The molecule has 0 unspecified atom stereocenters. The highest BCUT2D eigenvalue weighted by Crippen LogP contribution is 2.26. The number of benzene rings is 1. The lowest BCUT2D eigenvalue weighted by Gasteiger charge is -1.96. The normalized spacial score (nSPS) is 10.5. The summed E-state index contributed by atoms with van der Waals surface area (Å²) in [6.07, 6.45) is 2.01. The van der Waals surface area contributed by atoms with E-state index in [0.717, 1.165) is 15.8 Å². The van der Waals surface area contributed by atoms with E-state index in [-0.39, 0.29) is 5.97 Å². The molecule has 0 aliphatic heterocycles. The molecule has 0 atom stereocenters. The Bertz CT molecular complexity index is 504. The molecule has 15 heavy (non-hydrogen) atoms. The third-order valence-electron chi connectivity index (χ3n) is 2.25. The predicted molar refractivity (Wildman–Crippen MR) is 61.4 cm³/mol. The second kappa shape index (κ2) is 3.98. The van der Waals surface area contributed by atoms with Crippen molar-refractivity contribution in [1.29, 1.82) is 0 Å². The quantitative estimate of drug-likeness (QED) is 0.626. The van der Waals surface area contributed by atoms with Crippen molar-refractivity contribution in [3.8, 4) is 0 Å². The molecule has 0 aliphatic rings. The molecule has 1 heterocycles. The average Bonchev–Trinajstić information content (AvgIpc) is 2.71. The molecule has 0 aliphatic carbocycles. The third-order valence-corrected chi connectivity index (χ3v) is 3.05. The summed E-state index contributed by atoms with van der Waals surface area (Å²) in [6, 6.07) is 7.77. The number of aromatic nitrogens is 1. The molecule has 0 spiro atoms. The van der Waals surface area contributed by atoms with Crippen molar-refractivity contribution >= 4 is 28.6 Å². The fourth-order valence-electron chi connectivity index (χ4n) is 1.53. The van der Waals surface area contributed by atoms with Crippen LogP contribution in [0.3, 0.4) is 0 Å². The van der Waals surface area contributed by atoms with E-state index in [0.29, 0.717) is 5.69 Å². The number of esters is 1. The Morgan fingerprint density at radius 3 is 2.93 bits per heavy atom. The molecule has 3 nitrogen and oxygen atoms in total. The van der Waals surface area contributed by atoms with Crippen molar-refractivity contribution in [3.63, 3.8) is 0 Å². The van der Waals surface area contributed by atoms with Crippen molar-refractivity contribution in [2.45, 2.75) is 4.90 Å². The van der Waals surface area contributed by atoms with E-state index in [9.17, 15) is 4.79 Å². The van der Waals surface area contributed by atoms with Crippen LogP contribution in [0.1, 0.15) is 10.5 Å². The number of aromatic amines is 1. The van der Waals surface area contributed by atoms with E-state index in [1.165, 1.54) is 7.11 Å². The first-order chi connectivity index (χ1) is 7.26. The first-order valence-corrected chi connectivity index (χ1v) is 5.72. The summed E-state index contributed by atoms with van der Waals surface area (Å²) in [6.45, 7) is 0. The van der Waals surface area contributed by atoms with Gasteiger partial charge in [0, 0.05) is 15.8 Å². The summed E-state index contributed by atoms with van der Waals surface area (Å²) in [5, 5.41) is 1.06. The van der Waals surface area contributed by atoms with E-state index < -0.39 is 0 Å². The molecule has 0 amide bonds. The summed E-state index contributed by atoms with van der Waals surface area (Å²) in [5.41, 5.74) is 1.45. The predicted octanol–water partition coefficient (Wildman–Crippen LogP) is 2.68. The summed E-state index contributed by atoms with van der Waals surface area (Å²) in [7, 11) is 1.38. The number of nitrogens with one attached hydrogen (secondary N) is 1. The average molecular weight is 221 g/mol. The van der Waals surface area contributed by atoms with Gasteiger partial charge in [-0.25, -0.2) is 4.79 Å². The van der Waals surface area contributed by atoms with Crippen molar-refractivity contribution in [3.05, 3.63) is 30.0 Å². The Kier molecular flexibility index (Phi) is 2.68. The van der Waals surface area contributed by atoms with Gasteiger partial charge in [-0.1, -0.05) is 6.07 Å². The number of carbonyl (C=O) groups excluding carboxylic acids is 1. The van der Waals surface area contributed by atoms with Crippen LogP contribution in [0.15, 0.2) is 29.2 Å². The minimum Gasteiger partial charge on any atom is -0.464 e. The number of fused-ring (bicyclic) bond motifs is 1. The topological polar surface area (TPSA) is 42.1 Å². The number of hydrogen-bond donors (Lipinski definition) is 1. The van der Waals surface area contributed by atoms with E-state index in [2.05, 4.69) is 9.72 Å². The van der Waals surface area contributed by atoms with Crippen molar-refractivity contribution in [1.82, 2.24) is 4.98 Å². The molecular formula is C11H11NO2S. The molecule has 78 valence electrons. The van der Waals surface area contributed by atoms with Crippen LogP contribution in [0, 0.1) is 0 Å². The lowest BCUT2D eigenvalue weighted by Crippen LogP contribution is -2.00. The lowest BCUT2D eigenvalue weighted by atomic mass is 10.2. The molecule has 0 saturated carbocycles. The van der Waals surface area contributed by atoms with E-state index in [4.69, 9.17) is 0 Å². The number of hydrogen-bond acceptors (Lipinski definition) is 3. The Morgan fingerprint density at radius 2 is 2.27 bits per heavy atom. The second-order valence-electron chi connectivity index (χ2n) is 3.10. The molecule has 1 aromatic carbocycles. The van der Waals surface area contributed by atoms with Gasteiger partial charge in [0.1, 0.15) is 5.69 Å². The first kappa shape index (κ1) is 10.1. The molecule has 0 bridgehead atoms. The van der Waals surface area contributed by atoms with E-state index >= 15 is 0 Å². The van der Waals surface area contributed by atoms with Gasteiger partial charge in [0.05, 0.1) is 7.11 Å². The smallest absolute Gasteiger partial charge is 0.354 e. The Labute approximate surface area is 91.8 Å².